The predicted molar refractivity (Wildman–Crippen MR) is 68.9 cm³/mol. The monoisotopic (exact) mass is 235 g/mol. The number of carbonyl (C=O) groups is 1. The van der Waals surface area contributed by atoms with Gasteiger partial charge in [-0.2, -0.15) is 0 Å². The third-order valence-electron chi connectivity index (χ3n) is 2.69. The van der Waals surface area contributed by atoms with Crippen LogP contribution < -0.4 is 5.32 Å². The van der Waals surface area contributed by atoms with Crippen LogP contribution in [0.2, 0.25) is 0 Å². The first-order chi connectivity index (χ1) is 8.27. The number of hydrogen-bond donors (Lipinski definition) is 1. The van der Waals surface area contributed by atoms with Crippen LogP contribution in [0.4, 0.5) is 0 Å². The SMILES string of the molecule is CCCNC(CCc1ccccc1)C(=O)OC. The Morgan fingerprint density at radius 2 is 2.06 bits per heavy atom. The minimum atomic E-state index is -0.194. The van der Waals surface area contributed by atoms with Crippen molar-refractivity contribution >= 4 is 5.97 Å². The minimum Gasteiger partial charge on any atom is -0.468 e. The van der Waals surface area contributed by atoms with Gasteiger partial charge in [0.05, 0.1) is 7.11 Å². The van der Waals surface area contributed by atoms with Crippen LogP contribution in [-0.2, 0) is 16.0 Å². The first kappa shape index (κ1) is 13.7. The van der Waals surface area contributed by atoms with Crippen molar-refractivity contribution < 1.29 is 9.53 Å². The smallest absolute Gasteiger partial charge is 0.322 e. The number of hydrogen-bond acceptors (Lipinski definition) is 3. The Bertz CT molecular complexity index is 324. The van der Waals surface area contributed by atoms with E-state index in [1.165, 1.54) is 12.7 Å². The van der Waals surface area contributed by atoms with Gasteiger partial charge >= 0.3 is 5.97 Å². The second-order valence-corrected chi connectivity index (χ2v) is 4.05. The molecule has 0 saturated carbocycles. The fourth-order valence-corrected chi connectivity index (χ4v) is 1.72. The van der Waals surface area contributed by atoms with E-state index in [1.54, 1.807) is 0 Å². The van der Waals surface area contributed by atoms with Crippen LogP contribution in [0.1, 0.15) is 25.3 Å². The lowest BCUT2D eigenvalue weighted by molar-refractivity contribution is -0.143. The molecular formula is C14H21NO2. The van der Waals surface area contributed by atoms with Crippen molar-refractivity contribution in [2.75, 3.05) is 13.7 Å². The molecule has 0 radical (unpaired) electrons. The van der Waals surface area contributed by atoms with Crippen molar-refractivity contribution in [1.29, 1.82) is 0 Å². The summed E-state index contributed by atoms with van der Waals surface area (Å²) in [5.74, 6) is -0.172. The highest BCUT2D eigenvalue weighted by atomic mass is 16.5. The van der Waals surface area contributed by atoms with Crippen molar-refractivity contribution in [2.24, 2.45) is 0 Å². The van der Waals surface area contributed by atoms with E-state index in [2.05, 4.69) is 24.4 Å². The molecule has 3 heteroatoms. The van der Waals surface area contributed by atoms with Gasteiger partial charge in [0.1, 0.15) is 6.04 Å². The van der Waals surface area contributed by atoms with E-state index < -0.39 is 0 Å². The first-order valence-corrected chi connectivity index (χ1v) is 6.13. The number of methoxy groups -OCH3 is 1. The standard InChI is InChI=1S/C14H21NO2/c1-3-11-15-13(14(16)17-2)10-9-12-7-5-4-6-8-12/h4-8,13,15H,3,9-11H2,1-2H3. The van der Waals surface area contributed by atoms with E-state index in [9.17, 15) is 4.79 Å². The quantitative estimate of drug-likeness (QED) is 0.736. The van der Waals surface area contributed by atoms with E-state index in [-0.39, 0.29) is 12.0 Å². The highest BCUT2D eigenvalue weighted by molar-refractivity contribution is 5.75. The van der Waals surface area contributed by atoms with Gasteiger partial charge in [-0.15, -0.1) is 0 Å². The number of benzene rings is 1. The first-order valence-electron chi connectivity index (χ1n) is 6.13. The summed E-state index contributed by atoms with van der Waals surface area (Å²) >= 11 is 0. The van der Waals surface area contributed by atoms with Crippen LogP contribution in [0.3, 0.4) is 0 Å². The molecule has 0 saturated heterocycles. The maximum atomic E-state index is 11.6. The highest BCUT2D eigenvalue weighted by Crippen LogP contribution is 2.06. The van der Waals surface area contributed by atoms with Gasteiger partial charge in [-0.25, -0.2) is 0 Å². The summed E-state index contributed by atoms with van der Waals surface area (Å²) in [6.45, 7) is 2.92. The summed E-state index contributed by atoms with van der Waals surface area (Å²) in [5.41, 5.74) is 1.25. The fourth-order valence-electron chi connectivity index (χ4n) is 1.72. The number of esters is 1. The molecule has 0 amide bonds. The zero-order valence-electron chi connectivity index (χ0n) is 10.6. The molecule has 1 aromatic rings. The third kappa shape index (κ3) is 5.00. The van der Waals surface area contributed by atoms with Crippen molar-refractivity contribution in [1.82, 2.24) is 5.32 Å². The van der Waals surface area contributed by atoms with Crippen molar-refractivity contribution in [3.05, 3.63) is 35.9 Å². The zero-order chi connectivity index (χ0) is 12.5. The minimum absolute atomic E-state index is 0.172. The van der Waals surface area contributed by atoms with Crippen molar-refractivity contribution in [3.63, 3.8) is 0 Å². The molecule has 0 aliphatic rings. The van der Waals surface area contributed by atoms with E-state index in [0.717, 1.165) is 25.8 Å². The molecule has 1 atom stereocenters. The van der Waals surface area contributed by atoms with Crippen LogP contribution in [-0.4, -0.2) is 25.7 Å². The summed E-state index contributed by atoms with van der Waals surface area (Å²) in [4.78, 5) is 11.6. The van der Waals surface area contributed by atoms with E-state index in [0.29, 0.717) is 0 Å². The lowest BCUT2D eigenvalue weighted by atomic mass is 10.1. The van der Waals surface area contributed by atoms with Crippen LogP contribution in [0, 0.1) is 0 Å². The topological polar surface area (TPSA) is 38.3 Å². The summed E-state index contributed by atoms with van der Waals surface area (Å²) in [7, 11) is 1.44. The summed E-state index contributed by atoms with van der Waals surface area (Å²) in [6.07, 6.45) is 2.67. The Morgan fingerprint density at radius 3 is 2.65 bits per heavy atom. The van der Waals surface area contributed by atoms with Gasteiger partial charge in [-0.1, -0.05) is 37.3 Å². The summed E-state index contributed by atoms with van der Waals surface area (Å²) in [5, 5.41) is 3.22. The Morgan fingerprint density at radius 1 is 1.35 bits per heavy atom. The molecule has 0 fully saturated rings. The number of nitrogens with one attached hydrogen (secondary N) is 1. The lowest BCUT2D eigenvalue weighted by Crippen LogP contribution is -2.38. The number of ether oxygens (including phenoxy) is 1. The van der Waals surface area contributed by atoms with Crippen LogP contribution in [0.5, 0.6) is 0 Å². The van der Waals surface area contributed by atoms with Gasteiger partial charge in [0.2, 0.25) is 0 Å². The maximum Gasteiger partial charge on any atom is 0.322 e. The number of aryl methyl sites for hydroxylation is 1. The highest BCUT2D eigenvalue weighted by Gasteiger charge is 2.17. The van der Waals surface area contributed by atoms with Gasteiger partial charge in [0.25, 0.3) is 0 Å². The zero-order valence-corrected chi connectivity index (χ0v) is 10.6. The molecule has 94 valence electrons. The van der Waals surface area contributed by atoms with Gasteiger partial charge in [-0.05, 0) is 31.4 Å². The second kappa shape index (κ2) is 7.85. The molecule has 0 spiro atoms. The van der Waals surface area contributed by atoms with Gasteiger partial charge in [0, 0.05) is 0 Å². The van der Waals surface area contributed by atoms with Gasteiger partial charge < -0.3 is 10.1 Å². The largest absolute Gasteiger partial charge is 0.468 e. The van der Waals surface area contributed by atoms with Gasteiger partial charge in [0.15, 0.2) is 0 Å². The summed E-state index contributed by atoms with van der Waals surface area (Å²) in [6, 6.07) is 9.99. The predicted octanol–water partition coefficient (Wildman–Crippen LogP) is 2.16. The third-order valence-corrected chi connectivity index (χ3v) is 2.69. The maximum absolute atomic E-state index is 11.6. The average Bonchev–Trinajstić information content (AvgIpc) is 2.39. The Labute approximate surface area is 103 Å². The Balaban J connectivity index is 2.46. The molecule has 1 rings (SSSR count). The van der Waals surface area contributed by atoms with E-state index >= 15 is 0 Å². The van der Waals surface area contributed by atoms with Crippen LogP contribution >= 0.6 is 0 Å². The molecule has 0 aliphatic carbocycles. The number of rotatable bonds is 7. The molecule has 0 heterocycles. The van der Waals surface area contributed by atoms with Crippen LogP contribution in [0.25, 0.3) is 0 Å². The van der Waals surface area contributed by atoms with E-state index in [1.807, 2.05) is 18.2 Å². The van der Waals surface area contributed by atoms with E-state index in [4.69, 9.17) is 4.74 Å². The molecule has 17 heavy (non-hydrogen) atoms. The average molecular weight is 235 g/mol. The molecule has 0 bridgehead atoms. The van der Waals surface area contributed by atoms with Crippen molar-refractivity contribution in [2.45, 2.75) is 32.2 Å². The molecule has 3 nitrogen and oxygen atoms in total. The summed E-state index contributed by atoms with van der Waals surface area (Å²) < 4.78 is 4.80. The van der Waals surface area contributed by atoms with Crippen LogP contribution in [0.15, 0.2) is 30.3 Å². The van der Waals surface area contributed by atoms with Gasteiger partial charge in [-0.3, -0.25) is 4.79 Å². The molecule has 1 N–H and O–H groups in total. The molecule has 0 aromatic heterocycles. The molecule has 1 unspecified atom stereocenters. The number of carbonyl (C=O) groups excluding carboxylic acids is 1. The molecule has 0 aliphatic heterocycles. The molecular weight excluding hydrogens is 214 g/mol. The Hall–Kier alpha value is -1.35. The van der Waals surface area contributed by atoms with Crippen molar-refractivity contribution in [3.8, 4) is 0 Å². The fraction of sp³-hybridized carbons (Fsp3) is 0.500. The molecule has 1 aromatic carbocycles. The normalized spacial score (nSPS) is 12.1. The Kier molecular flexibility index (Phi) is 6.33. The lowest BCUT2D eigenvalue weighted by Gasteiger charge is -2.15. The second-order valence-electron chi connectivity index (χ2n) is 4.05.